The van der Waals surface area contributed by atoms with Gasteiger partial charge >= 0.3 is 0 Å². The van der Waals surface area contributed by atoms with Gasteiger partial charge in [0, 0.05) is 55.1 Å². The van der Waals surface area contributed by atoms with E-state index in [-0.39, 0.29) is 0 Å². The molecule has 4 heterocycles. The van der Waals surface area contributed by atoms with Gasteiger partial charge < -0.3 is 13.4 Å². The van der Waals surface area contributed by atoms with Gasteiger partial charge in [0.1, 0.15) is 22.3 Å². The van der Waals surface area contributed by atoms with Gasteiger partial charge in [-0.25, -0.2) is 15.0 Å². The molecule has 0 radical (unpaired) electrons. The molecule has 0 spiro atoms. The number of rotatable bonds is 4. The average Bonchev–Trinajstić information content (AvgIpc) is 3.92. The number of hydrogen-bond donors (Lipinski definition) is 0. The van der Waals surface area contributed by atoms with Crippen molar-refractivity contribution in [3.05, 3.63) is 170 Å². The topological polar surface area (TPSA) is 69.9 Å². The van der Waals surface area contributed by atoms with E-state index in [4.69, 9.17) is 23.8 Å². The van der Waals surface area contributed by atoms with Crippen molar-refractivity contribution < 1.29 is 8.83 Å². The van der Waals surface area contributed by atoms with Crippen molar-refractivity contribution in [1.29, 1.82) is 0 Å². The van der Waals surface area contributed by atoms with Gasteiger partial charge in [-0.2, -0.15) is 0 Å². The molecule has 0 atom stereocenters. The Morgan fingerprint density at radius 2 is 1.00 bits per heavy atom. The van der Waals surface area contributed by atoms with E-state index in [2.05, 4.69) is 102 Å². The summed E-state index contributed by atoms with van der Waals surface area (Å²) in [7, 11) is 0. The fourth-order valence-electron chi connectivity index (χ4n) is 8.30. The van der Waals surface area contributed by atoms with E-state index in [1.165, 1.54) is 0 Å². The Bertz CT molecular complexity index is 3430. The molecule has 12 aromatic rings. The van der Waals surface area contributed by atoms with Crippen molar-refractivity contribution in [2.75, 3.05) is 0 Å². The molecule has 6 nitrogen and oxygen atoms in total. The van der Waals surface area contributed by atoms with Crippen molar-refractivity contribution in [3.8, 4) is 39.9 Å². The highest BCUT2D eigenvalue weighted by Crippen LogP contribution is 2.44. The highest BCUT2D eigenvalue weighted by atomic mass is 16.3. The predicted molar refractivity (Wildman–Crippen MR) is 223 cm³/mol. The van der Waals surface area contributed by atoms with Gasteiger partial charge in [0.25, 0.3) is 0 Å². The molecule has 256 valence electrons. The summed E-state index contributed by atoms with van der Waals surface area (Å²) in [5.74, 6) is 1.76. The summed E-state index contributed by atoms with van der Waals surface area (Å²) in [6.45, 7) is 0. The summed E-state index contributed by atoms with van der Waals surface area (Å²) in [6.07, 6.45) is 0. The summed E-state index contributed by atoms with van der Waals surface area (Å²) >= 11 is 0. The SMILES string of the molecule is c1ccc(-c2nc(-c3ccccc3)nc(-c3cc(-n4c5ccccc5c5cc6c(cc54)oc4ccccc46)c4c(c3)oc3c5ccccc5ccc34)n2)cc1. The lowest BCUT2D eigenvalue weighted by molar-refractivity contribution is 0.669. The van der Waals surface area contributed by atoms with Crippen LogP contribution in [0.15, 0.2) is 179 Å². The van der Waals surface area contributed by atoms with E-state index in [9.17, 15) is 0 Å². The van der Waals surface area contributed by atoms with E-state index in [0.717, 1.165) is 98.8 Å². The molecule has 12 rings (SSSR count). The van der Waals surface area contributed by atoms with Gasteiger partial charge in [0.05, 0.1) is 22.1 Å². The van der Waals surface area contributed by atoms with Gasteiger partial charge in [-0.05, 0) is 41.8 Å². The summed E-state index contributed by atoms with van der Waals surface area (Å²) in [5, 5.41) is 8.73. The Hall–Kier alpha value is -7.57. The zero-order valence-corrected chi connectivity index (χ0v) is 29.3. The highest BCUT2D eigenvalue weighted by Gasteiger charge is 2.23. The third-order valence-electron chi connectivity index (χ3n) is 10.8. The minimum Gasteiger partial charge on any atom is -0.456 e. The Balaban J connectivity index is 1.22. The maximum Gasteiger partial charge on any atom is 0.164 e. The van der Waals surface area contributed by atoms with E-state index >= 15 is 0 Å². The molecule has 4 aromatic heterocycles. The second-order valence-electron chi connectivity index (χ2n) is 14.0. The standard InChI is InChI=1S/C49H28N4O2/c1-3-14-30(15-4-1)47-50-48(31-16-5-2-6-17-31)52-49(51-47)32-25-41(45-36-24-23-29-13-7-8-18-33(29)46(36)55-44(45)26-32)53-39-21-11-9-19-34(39)37-27-38-35-20-10-12-22-42(35)54-43(38)28-40(37)53/h1-28H. The van der Waals surface area contributed by atoms with Gasteiger partial charge in [-0.1, -0.05) is 127 Å². The maximum atomic E-state index is 6.93. The Morgan fingerprint density at radius 3 is 1.76 bits per heavy atom. The highest BCUT2D eigenvalue weighted by molar-refractivity contribution is 6.21. The molecule has 6 heteroatoms. The van der Waals surface area contributed by atoms with Crippen molar-refractivity contribution >= 4 is 76.5 Å². The van der Waals surface area contributed by atoms with Crippen LogP contribution in [-0.4, -0.2) is 19.5 Å². The first-order chi connectivity index (χ1) is 27.2. The molecule has 0 amide bonds. The second kappa shape index (κ2) is 11.5. The number of hydrogen-bond acceptors (Lipinski definition) is 5. The molecule has 8 aromatic carbocycles. The predicted octanol–water partition coefficient (Wildman–Crippen LogP) is 12.9. The third kappa shape index (κ3) is 4.52. The van der Waals surface area contributed by atoms with E-state index in [1.54, 1.807) is 0 Å². The zero-order valence-electron chi connectivity index (χ0n) is 29.3. The molecule has 55 heavy (non-hydrogen) atoms. The maximum absolute atomic E-state index is 6.93. The number of fused-ring (bicyclic) bond motifs is 11. The monoisotopic (exact) mass is 704 g/mol. The van der Waals surface area contributed by atoms with Crippen LogP contribution in [0.25, 0.3) is 116 Å². The van der Waals surface area contributed by atoms with Gasteiger partial charge in [0.2, 0.25) is 0 Å². The summed E-state index contributed by atoms with van der Waals surface area (Å²) in [5.41, 5.74) is 9.02. The molecule has 0 fully saturated rings. The lowest BCUT2D eigenvalue weighted by Crippen LogP contribution is -2.01. The van der Waals surface area contributed by atoms with Crippen LogP contribution in [-0.2, 0) is 0 Å². The second-order valence-corrected chi connectivity index (χ2v) is 14.0. The number of nitrogens with zero attached hydrogens (tertiary/aromatic N) is 4. The summed E-state index contributed by atoms with van der Waals surface area (Å²) < 4.78 is 15.8. The first-order valence-corrected chi connectivity index (χ1v) is 18.4. The molecule has 0 aliphatic rings. The van der Waals surface area contributed by atoms with Crippen LogP contribution in [0, 0.1) is 0 Å². The van der Waals surface area contributed by atoms with E-state index in [0.29, 0.717) is 17.5 Å². The zero-order chi connectivity index (χ0) is 36.0. The number of para-hydroxylation sites is 2. The Labute approximate surface area is 313 Å². The van der Waals surface area contributed by atoms with Crippen molar-refractivity contribution in [2.24, 2.45) is 0 Å². The van der Waals surface area contributed by atoms with Crippen molar-refractivity contribution in [1.82, 2.24) is 19.5 Å². The molecule has 0 bridgehead atoms. The molecular formula is C49H28N4O2. The van der Waals surface area contributed by atoms with Crippen LogP contribution >= 0.6 is 0 Å². The van der Waals surface area contributed by atoms with Crippen LogP contribution in [0.4, 0.5) is 0 Å². The quantitative estimate of drug-likeness (QED) is 0.182. The summed E-state index contributed by atoms with van der Waals surface area (Å²) in [4.78, 5) is 15.2. The normalized spacial score (nSPS) is 12.0. The summed E-state index contributed by atoms with van der Waals surface area (Å²) in [6, 6.07) is 58.5. The fourth-order valence-corrected chi connectivity index (χ4v) is 8.30. The molecule has 0 saturated carbocycles. The fraction of sp³-hybridized carbons (Fsp3) is 0. The van der Waals surface area contributed by atoms with Crippen LogP contribution in [0.5, 0.6) is 0 Å². The molecule has 0 N–H and O–H groups in total. The van der Waals surface area contributed by atoms with Crippen molar-refractivity contribution in [2.45, 2.75) is 0 Å². The lowest BCUT2D eigenvalue weighted by Gasteiger charge is -2.13. The molecular weight excluding hydrogens is 677 g/mol. The molecule has 0 aliphatic carbocycles. The smallest absolute Gasteiger partial charge is 0.164 e. The minimum atomic E-state index is 0.557. The Morgan fingerprint density at radius 1 is 0.364 bits per heavy atom. The number of aromatic nitrogens is 4. The first kappa shape index (κ1) is 29.9. The molecule has 0 unspecified atom stereocenters. The molecule has 0 saturated heterocycles. The van der Waals surface area contributed by atoms with E-state index in [1.807, 2.05) is 72.8 Å². The van der Waals surface area contributed by atoms with Crippen LogP contribution in [0.2, 0.25) is 0 Å². The van der Waals surface area contributed by atoms with Gasteiger partial charge in [0.15, 0.2) is 17.5 Å². The van der Waals surface area contributed by atoms with Crippen molar-refractivity contribution in [3.63, 3.8) is 0 Å². The largest absolute Gasteiger partial charge is 0.456 e. The van der Waals surface area contributed by atoms with E-state index < -0.39 is 0 Å². The van der Waals surface area contributed by atoms with Gasteiger partial charge in [-0.15, -0.1) is 0 Å². The first-order valence-electron chi connectivity index (χ1n) is 18.4. The third-order valence-corrected chi connectivity index (χ3v) is 10.8. The average molecular weight is 705 g/mol. The van der Waals surface area contributed by atoms with Crippen LogP contribution < -0.4 is 0 Å². The van der Waals surface area contributed by atoms with Crippen LogP contribution in [0.3, 0.4) is 0 Å². The van der Waals surface area contributed by atoms with Gasteiger partial charge in [-0.3, -0.25) is 0 Å². The number of benzene rings is 8. The molecule has 0 aliphatic heterocycles. The van der Waals surface area contributed by atoms with Crippen LogP contribution in [0.1, 0.15) is 0 Å². The Kier molecular flexibility index (Phi) is 6.24. The lowest BCUT2D eigenvalue weighted by atomic mass is 10.0. The number of furan rings is 2. The minimum absolute atomic E-state index is 0.557.